The smallest absolute Gasteiger partial charge is 0.162 e. The number of hydrogen-bond acceptors (Lipinski definition) is 4. The maximum Gasteiger partial charge on any atom is 0.162 e. The highest BCUT2D eigenvalue weighted by Crippen LogP contribution is 2.44. The second-order valence-corrected chi connectivity index (χ2v) is 8.91. The number of aromatic nitrogens is 1. The van der Waals surface area contributed by atoms with E-state index in [1.807, 2.05) is 24.3 Å². The van der Waals surface area contributed by atoms with Crippen molar-refractivity contribution >= 4 is 10.9 Å². The number of methoxy groups -OCH3 is 2. The van der Waals surface area contributed by atoms with Crippen LogP contribution in [0.2, 0.25) is 0 Å². The van der Waals surface area contributed by atoms with Crippen molar-refractivity contribution in [2.45, 2.75) is 32.0 Å². The van der Waals surface area contributed by atoms with Gasteiger partial charge in [0, 0.05) is 35.7 Å². The van der Waals surface area contributed by atoms with Gasteiger partial charge in [0.1, 0.15) is 12.4 Å². The number of para-hydroxylation sites is 1. The molecule has 1 atom stereocenters. The Morgan fingerprint density at radius 2 is 1.82 bits per heavy atom. The van der Waals surface area contributed by atoms with E-state index in [4.69, 9.17) is 14.2 Å². The molecule has 0 amide bonds. The minimum atomic E-state index is 0.356. The summed E-state index contributed by atoms with van der Waals surface area (Å²) in [7, 11) is 3.40. The van der Waals surface area contributed by atoms with Gasteiger partial charge in [0.15, 0.2) is 11.5 Å². The topological polar surface area (TPSA) is 46.7 Å². The Morgan fingerprint density at radius 1 is 0.970 bits per heavy atom. The van der Waals surface area contributed by atoms with Gasteiger partial charge in [-0.05, 0) is 65.4 Å². The number of nitrogens with one attached hydrogen (secondary N) is 1. The summed E-state index contributed by atoms with van der Waals surface area (Å²) in [5, 5.41) is 1.35. The number of benzene rings is 3. The van der Waals surface area contributed by atoms with Crippen LogP contribution in [-0.2, 0) is 26.0 Å². The molecule has 5 heteroatoms. The average Bonchev–Trinajstić information content (AvgIpc) is 3.23. The molecule has 3 heterocycles. The third kappa shape index (κ3) is 3.53. The van der Waals surface area contributed by atoms with Gasteiger partial charge < -0.3 is 19.2 Å². The summed E-state index contributed by atoms with van der Waals surface area (Å²) in [5.74, 6) is 2.46. The minimum absolute atomic E-state index is 0.356. The maximum absolute atomic E-state index is 6.27. The van der Waals surface area contributed by atoms with Gasteiger partial charge in [-0.3, -0.25) is 4.90 Å². The molecular formula is C28H28N2O3. The molecule has 4 aromatic rings. The molecule has 33 heavy (non-hydrogen) atoms. The molecule has 6 rings (SSSR count). The number of hydrogen-bond donors (Lipinski definition) is 1. The number of rotatable bonds is 5. The zero-order chi connectivity index (χ0) is 22.4. The largest absolute Gasteiger partial charge is 0.497 e. The number of H-pyrrole nitrogens is 1. The summed E-state index contributed by atoms with van der Waals surface area (Å²) < 4.78 is 17.2. The molecule has 0 fully saturated rings. The highest BCUT2D eigenvalue weighted by molar-refractivity contribution is 5.85. The van der Waals surface area contributed by atoms with Crippen LogP contribution >= 0.6 is 0 Å². The molecule has 0 saturated carbocycles. The lowest BCUT2D eigenvalue weighted by atomic mass is 9.85. The molecule has 0 aliphatic carbocycles. The Balaban J connectivity index is 1.32. The predicted molar refractivity (Wildman–Crippen MR) is 129 cm³/mol. The lowest BCUT2D eigenvalue weighted by Crippen LogP contribution is -2.39. The fourth-order valence-corrected chi connectivity index (χ4v) is 5.36. The van der Waals surface area contributed by atoms with Gasteiger partial charge in [0.2, 0.25) is 0 Å². The van der Waals surface area contributed by atoms with Crippen LogP contribution in [0.4, 0.5) is 0 Å². The van der Waals surface area contributed by atoms with Gasteiger partial charge >= 0.3 is 0 Å². The standard InChI is InChI=1S/C28H28N2O3/c1-31-20-9-7-18(8-10-20)17-33-28-15-22-19(13-27(28)32-2)11-12-30-16-25-23(14-26(22)30)21-5-3-4-6-24(21)29-25/h3-10,13,15,26,29H,11-12,14,16-17H2,1-2H3. The van der Waals surface area contributed by atoms with E-state index in [-0.39, 0.29) is 0 Å². The van der Waals surface area contributed by atoms with Crippen LogP contribution in [0.15, 0.2) is 60.7 Å². The van der Waals surface area contributed by atoms with Crippen molar-refractivity contribution in [3.8, 4) is 17.2 Å². The lowest BCUT2D eigenvalue weighted by molar-refractivity contribution is 0.158. The van der Waals surface area contributed by atoms with Crippen molar-refractivity contribution in [2.24, 2.45) is 0 Å². The van der Waals surface area contributed by atoms with E-state index in [0.717, 1.165) is 48.7 Å². The molecule has 2 aliphatic heterocycles. The van der Waals surface area contributed by atoms with Crippen LogP contribution in [0.1, 0.15) is 34.0 Å². The normalized spacial score (nSPS) is 17.2. The van der Waals surface area contributed by atoms with E-state index in [0.29, 0.717) is 12.6 Å². The summed E-state index contributed by atoms with van der Waals surface area (Å²) in [6.45, 7) is 2.50. The number of aromatic amines is 1. The molecule has 0 saturated heterocycles. The van der Waals surface area contributed by atoms with Crippen LogP contribution in [-0.4, -0.2) is 30.6 Å². The van der Waals surface area contributed by atoms with E-state index in [2.05, 4.69) is 46.3 Å². The number of nitrogens with zero attached hydrogens (tertiary/aromatic N) is 1. The highest BCUT2D eigenvalue weighted by Gasteiger charge is 2.34. The van der Waals surface area contributed by atoms with E-state index >= 15 is 0 Å². The van der Waals surface area contributed by atoms with Gasteiger partial charge in [0.25, 0.3) is 0 Å². The number of ether oxygens (including phenoxy) is 3. The molecule has 0 bridgehead atoms. The Hall–Kier alpha value is -3.44. The van der Waals surface area contributed by atoms with E-state index in [9.17, 15) is 0 Å². The first-order valence-corrected chi connectivity index (χ1v) is 11.5. The first-order valence-electron chi connectivity index (χ1n) is 11.5. The first kappa shape index (κ1) is 20.2. The Bertz CT molecular complexity index is 1310. The van der Waals surface area contributed by atoms with Crippen molar-refractivity contribution in [3.05, 3.63) is 88.6 Å². The van der Waals surface area contributed by atoms with Gasteiger partial charge in [-0.15, -0.1) is 0 Å². The zero-order valence-electron chi connectivity index (χ0n) is 19.1. The molecular weight excluding hydrogens is 412 g/mol. The molecule has 1 unspecified atom stereocenters. The monoisotopic (exact) mass is 440 g/mol. The fourth-order valence-electron chi connectivity index (χ4n) is 5.36. The van der Waals surface area contributed by atoms with Crippen LogP contribution in [0.5, 0.6) is 17.2 Å². The average molecular weight is 441 g/mol. The number of fused-ring (bicyclic) bond motifs is 6. The highest BCUT2D eigenvalue weighted by atomic mass is 16.5. The maximum atomic E-state index is 6.27. The molecule has 1 aromatic heterocycles. The molecule has 3 aromatic carbocycles. The lowest BCUT2D eigenvalue weighted by Gasteiger charge is -2.40. The minimum Gasteiger partial charge on any atom is -0.497 e. The predicted octanol–water partition coefficient (Wildman–Crippen LogP) is 5.42. The van der Waals surface area contributed by atoms with Gasteiger partial charge in [-0.1, -0.05) is 30.3 Å². The summed E-state index contributed by atoms with van der Waals surface area (Å²) in [5.41, 5.74) is 7.88. The molecule has 2 aliphatic rings. The Morgan fingerprint density at radius 3 is 2.64 bits per heavy atom. The third-order valence-corrected chi connectivity index (χ3v) is 7.11. The molecule has 168 valence electrons. The Labute approximate surface area is 193 Å². The fraction of sp³-hybridized carbons (Fsp3) is 0.286. The van der Waals surface area contributed by atoms with Crippen LogP contribution in [0, 0.1) is 0 Å². The Kier molecular flexibility index (Phi) is 4.99. The molecule has 1 N–H and O–H groups in total. The zero-order valence-corrected chi connectivity index (χ0v) is 19.1. The van der Waals surface area contributed by atoms with E-state index in [1.54, 1.807) is 14.2 Å². The quantitative estimate of drug-likeness (QED) is 0.450. The summed E-state index contributed by atoms with van der Waals surface area (Å²) >= 11 is 0. The van der Waals surface area contributed by atoms with Crippen LogP contribution in [0.3, 0.4) is 0 Å². The van der Waals surface area contributed by atoms with Crippen molar-refractivity contribution in [1.29, 1.82) is 0 Å². The van der Waals surface area contributed by atoms with Gasteiger partial charge in [0.05, 0.1) is 14.2 Å². The molecule has 5 nitrogen and oxygen atoms in total. The van der Waals surface area contributed by atoms with Gasteiger partial charge in [-0.2, -0.15) is 0 Å². The summed E-state index contributed by atoms with van der Waals surface area (Å²) in [6, 6.07) is 21.4. The van der Waals surface area contributed by atoms with Crippen molar-refractivity contribution in [1.82, 2.24) is 9.88 Å². The second kappa shape index (κ2) is 8.16. The summed E-state index contributed by atoms with van der Waals surface area (Å²) in [4.78, 5) is 6.25. The summed E-state index contributed by atoms with van der Waals surface area (Å²) in [6.07, 6.45) is 2.03. The first-order chi connectivity index (χ1) is 16.2. The molecule has 0 radical (unpaired) electrons. The van der Waals surface area contributed by atoms with Crippen molar-refractivity contribution in [3.63, 3.8) is 0 Å². The molecule has 0 spiro atoms. The van der Waals surface area contributed by atoms with Crippen molar-refractivity contribution < 1.29 is 14.2 Å². The van der Waals surface area contributed by atoms with Crippen LogP contribution in [0.25, 0.3) is 10.9 Å². The van der Waals surface area contributed by atoms with Crippen molar-refractivity contribution in [2.75, 3.05) is 20.8 Å². The van der Waals surface area contributed by atoms with Gasteiger partial charge in [-0.25, -0.2) is 0 Å². The third-order valence-electron chi connectivity index (χ3n) is 7.11. The van der Waals surface area contributed by atoms with E-state index < -0.39 is 0 Å². The van der Waals surface area contributed by atoms with Crippen LogP contribution < -0.4 is 14.2 Å². The second-order valence-electron chi connectivity index (χ2n) is 8.91. The van der Waals surface area contributed by atoms with E-state index in [1.165, 1.54) is 33.3 Å². The SMILES string of the molecule is COc1ccc(COc2cc3c(cc2OC)CCN2Cc4[nH]c5ccccc5c4CC32)cc1.